The minimum absolute atomic E-state index is 0.147. The molecular weight excluding hydrogens is 214 g/mol. The van der Waals surface area contributed by atoms with Crippen molar-refractivity contribution in [3.63, 3.8) is 0 Å². The number of hydrogen-bond donors (Lipinski definition) is 2. The monoisotopic (exact) mass is 225 g/mol. The first-order valence-electron chi connectivity index (χ1n) is 4.60. The maximum atomic E-state index is 10.9. The smallest absolute Gasteiger partial charge is 0.336 e. The Kier molecular flexibility index (Phi) is 2.26. The fraction of sp³-hybridized carbons (Fsp3) is 0.400. The standard InChI is InChI=1S/C10H11NO3S/c1-10(11-5-12)4-7(10)8-6(9(13)14)2-3-15-8/h2-3,5,7H,4H2,1H3,(H,11,12)(H,13,14). The summed E-state index contributed by atoms with van der Waals surface area (Å²) in [4.78, 5) is 22.1. The van der Waals surface area contributed by atoms with Crippen molar-refractivity contribution in [1.29, 1.82) is 0 Å². The highest BCUT2D eigenvalue weighted by atomic mass is 32.1. The fourth-order valence-electron chi connectivity index (χ4n) is 1.81. The molecule has 1 aliphatic carbocycles. The molecule has 15 heavy (non-hydrogen) atoms. The van der Waals surface area contributed by atoms with Crippen molar-refractivity contribution < 1.29 is 14.7 Å². The van der Waals surface area contributed by atoms with Crippen molar-refractivity contribution in [2.75, 3.05) is 0 Å². The molecular formula is C10H11NO3S. The number of nitrogens with one attached hydrogen (secondary N) is 1. The molecule has 4 nitrogen and oxygen atoms in total. The summed E-state index contributed by atoms with van der Waals surface area (Å²) >= 11 is 1.44. The van der Waals surface area contributed by atoms with Crippen molar-refractivity contribution in [3.05, 3.63) is 21.9 Å². The molecule has 1 saturated carbocycles. The van der Waals surface area contributed by atoms with E-state index in [0.29, 0.717) is 12.0 Å². The number of amides is 1. The molecule has 0 saturated heterocycles. The summed E-state index contributed by atoms with van der Waals surface area (Å²) in [5.41, 5.74) is 0.109. The first kappa shape index (κ1) is 10.2. The zero-order valence-electron chi connectivity index (χ0n) is 8.19. The summed E-state index contributed by atoms with van der Waals surface area (Å²) in [7, 11) is 0. The van der Waals surface area contributed by atoms with Crippen molar-refractivity contribution in [2.24, 2.45) is 0 Å². The lowest BCUT2D eigenvalue weighted by Crippen LogP contribution is -2.28. The number of rotatable bonds is 4. The fourth-order valence-corrected chi connectivity index (χ4v) is 2.95. The van der Waals surface area contributed by atoms with Crippen molar-refractivity contribution in [3.8, 4) is 0 Å². The molecule has 0 radical (unpaired) electrons. The van der Waals surface area contributed by atoms with Crippen LogP contribution >= 0.6 is 11.3 Å². The quantitative estimate of drug-likeness (QED) is 0.762. The van der Waals surface area contributed by atoms with Crippen LogP contribution in [0.1, 0.15) is 34.5 Å². The summed E-state index contributed by atoms with van der Waals surface area (Å²) in [6, 6.07) is 1.61. The Morgan fingerprint density at radius 2 is 2.53 bits per heavy atom. The third-order valence-corrected chi connectivity index (χ3v) is 3.90. The number of carbonyl (C=O) groups excluding carboxylic acids is 1. The number of carboxylic acid groups (broad SMARTS) is 1. The summed E-state index contributed by atoms with van der Waals surface area (Å²) in [5, 5.41) is 13.5. The van der Waals surface area contributed by atoms with Crippen LogP contribution in [-0.4, -0.2) is 23.0 Å². The van der Waals surface area contributed by atoms with Crippen molar-refractivity contribution >= 4 is 23.7 Å². The van der Waals surface area contributed by atoms with Crippen LogP contribution in [0.25, 0.3) is 0 Å². The molecule has 5 heteroatoms. The van der Waals surface area contributed by atoms with Gasteiger partial charge in [0.25, 0.3) is 0 Å². The SMILES string of the molecule is CC1(NC=O)CC1c1sccc1C(=O)O. The average Bonchev–Trinajstić information content (AvgIpc) is 2.65. The molecule has 1 fully saturated rings. The molecule has 2 atom stereocenters. The van der Waals surface area contributed by atoms with E-state index in [9.17, 15) is 9.59 Å². The van der Waals surface area contributed by atoms with Gasteiger partial charge >= 0.3 is 5.97 Å². The predicted molar refractivity (Wildman–Crippen MR) is 56.2 cm³/mol. The van der Waals surface area contributed by atoms with E-state index in [1.54, 1.807) is 11.4 Å². The van der Waals surface area contributed by atoms with E-state index in [1.165, 1.54) is 11.3 Å². The van der Waals surface area contributed by atoms with Crippen molar-refractivity contribution in [1.82, 2.24) is 5.32 Å². The molecule has 2 unspecified atom stereocenters. The van der Waals surface area contributed by atoms with Crippen LogP contribution < -0.4 is 5.32 Å². The molecule has 0 bridgehead atoms. The molecule has 80 valence electrons. The minimum atomic E-state index is -0.897. The highest BCUT2D eigenvalue weighted by Gasteiger charge is 2.52. The normalized spacial score (nSPS) is 28.5. The lowest BCUT2D eigenvalue weighted by Gasteiger charge is -2.08. The van der Waals surface area contributed by atoms with Gasteiger partial charge in [0, 0.05) is 16.3 Å². The summed E-state index contributed by atoms with van der Waals surface area (Å²) in [5.74, 6) is -0.750. The van der Waals surface area contributed by atoms with Gasteiger partial charge in [0.05, 0.1) is 5.56 Å². The summed E-state index contributed by atoms with van der Waals surface area (Å²) in [6.07, 6.45) is 1.49. The van der Waals surface area contributed by atoms with Gasteiger partial charge in [-0.2, -0.15) is 0 Å². The molecule has 1 aliphatic rings. The Bertz CT molecular complexity index is 415. The Labute approximate surface area is 90.9 Å². The first-order chi connectivity index (χ1) is 7.08. The van der Waals surface area contributed by atoms with Crippen molar-refractivity contribution in [2.45, 2.75) is 24.8 Å². The Balaban J connectivity index is 2.23. The van der Waals surface area contributed by atoms with Crippen LogP contribution in [0.15, 0.2) is 11.4 Å². The second-order valence-electron chi connectivity index (χ2n) is 3.94. The number of thiophene rings is 1. The maximum absolute atomic E-state index is 10.9. The van der Waals surface area contributed by atoms with Crippen LogP contribution in [-0.2, 0) is 4.79 Å². The van der Waals surface area contributed by atoms with Gasteiger partial charge in [-0.1, -0.05) is 0 Å². The molecule has 0 aromatic carbocycles. The number of carbonyl (C=O) groups is 2. The van der Waals surface area contributed by atoms with E-state index in [4.69, 9.17) is 5.11 Å². The van der Waals surface area contributed by atoms with E-state index >= 15 is 0 Å². The lowest BCUT2D eigenvalue weighted by molar-refractivity contribution is -0.110. The van der Waals surface area contributed by atoms with Gasteiger partial charge in [0.1, 0.15) is 0 Å². The molecule has 1 aromatic heterocycles. The lowest BCUT2D eigenvalue weighted by atomic mass is 10.1. The zero-order valence-corrected chi connectivity index (χ0v) is 9.00. The number of aromatic carboxylic acids is 1. The largest absolute Gasteiger partial charge is 0.478 e. The molecule has 1 amide bonds. The van der Waals surface area contributed by atoms with E-state index in [-0.39, 0.29) is 11.5 Å². The van der Waals surface area contributed by atoms with E-state index in [0.717, 1.165) is 11.3 Å². The highest BCUT2D eigenvalue weighted by molar-refractivity contribution is 7.10. The van der Waals surface area contributed by atoms with Gasteiger partial charge in [0.15, 0.2) is 0 Å². The third kappa shape index (κ3) is 1.63. The molecule has 1 aromatic rings. The topological polar surface area (TPSA) is 66.4 Å². The van der Waals surface area contributed by atoms with Gasteiger partial charge < -0.3 is 10.4 Å². The average molecular weight is 225 g/mol. The molecule has 0 aliphatic heterocycles. The Morgan fingerprint density at radius 3 is 3.13 bits per heavy atom. The van der Waals surface area contributed by atoms with Crippen LogP contribution in [0, 0.1) is 0 Å². The van der Waals surface area contributed by atoms with Gasteiger partial charge in [0.2, 0.25) is 6.41 Å². The van der Waals surface area contributed by atoms with E-state index in [1.807, 2.05) is 6.92 Å². The van der Waals surface area contributed by atoms with Crippen LogP contribution in [0.5, 0.6) is 0 Å². The number of hydrogen-bond acceptors (Lipinski definition) is 3. The van der Waals surface area contributed by atoms with Gasteiger partial charge in [-0.3, -0.25) is 4.79 Å². The van der Waals surface area contributed by atoms with Gasteiger partial charge in [-0.25, -0.2) is 4.79 Å². The highest BCUT2D eigenvalue weighted by Crippen LogP contribution is 2.53. The second-order valence-corrected chi connectivity index (χ2v) is 4.89. The van der Waals surface area contributed by atoms with Crippen LogP contribution in [0.2, 0.25) is 0 Å². The summed E-state index contributed by atoms with van der Waals surface area (Å²) in [6.45, 7) is 1.93. The van der Waals surface area contributed by atoms with Gasteiger partial charge in [-0.05, 0) is 24.8 Å². The first-order valence-corrected chi connectivity index (χ1v) is 5.48. The zero-order chi connectivity index (χ0) is 11.1. The van der Waals surface area contributed by atoms with E-state index < -0.39 is 5.97 Å². The molecule has 0 spiro atoms. The van der Waals surface area contributed by atoms with Crippen LogP contribution in [0.3, 0.4) is 0 Å². The minimum Gasteiger partial charge on any atom is -0.478 e. The number of carboxylic acids is 1. The maximum Gasteiger partial charge on any atom is 0.336 e. The summed E-state index contributed by atoms with van der Waals surface area (Å²) < 4.78 is 0. The van der Waals surface area contributed by atoms with Crippen LogP contribution in [0.4, 0.5) is 0 Å². The van der Waals surface area contributed by atoms with Gasteiger partial charge in [-0.15, -0.1) is 11.3 Å². The van der Waals surface area contributed by atoms with E-state index in [2.05, 4.69) is 5.32 Å². The molecule has 2 N–H and O–H groups in total. The third-order valence-electron chi connectivity index (χ3n) is 2.87. The second kappa shape index (κ2) is 3.34. The molecule has 1 heterocycles. The predicted octanol–water partition coefficient (Wildman–Crippen LogP) is 1.44. The Morgan fingerprint density at radius 1 is 1.80 bits per heavy atom. The molecule has 2 rings (SSSR count). The Hall–Kier alpha value is -1.36.